The molecule has 9 atom stereocenters. The lowest BCUT2D eigenvalue weighted by Crippen LogP contribution is -2.59. The highest BCUT2D eigenvalue weighted by atomic mass is 16.7. The molecular formula is C22H31NO6. The molecule has 0 bridgehead atoms. The number of hydrogen-bond acceptors (Lipinski definition) is 6. The highest BCUT2D eigenvalue weighted by Gasteiger charge is 2.65. The van der Waals surface area contributed by atoms with Crippen LogP contribution in [-0.4, -0.2) is 53.2 Å². The lowest BCUT2D eigenvalue weighted by atomic mass is 9.77. The van der Waals surface area contributed by atoms with Crippen molar-refractivity contribution in [3.05, 3.63) is 16.9 Å². The first-order valence-electron chi connectivity index (χ1n) is 11.2. The second kappa shape index (κ2) is 6.53. The predicted octanol–water partition coefficient (Wildman–Crippen LogP) is 2.82. The van der Waals surface area contributed by atoms with E-state index in [0.29, 0.717) is 18.5 Å². The largest absolute Gasteiger partial charge is 0.632 e. The zero-order chi connectivity index (χ0) is 20.6. The predicted molar refractivity (Wildman–Crippen MR) is 103 cm³/mol. The monoisotopic (exact) mass is 405 g/mol. The van der Waals surface area contributed by atoms with Crippen LogP contribution >= 0.6 is 0 Å². The molecule has 4 fully saturated rings. The van der Waals surface area contributed by atoms with Gasteiger partial charge in [-0.1, -0.05) is 13.8 Å². The summed E-state index contributed by atoms with van der Waals surface area (Å²) in [7, 11) is 0. The van der Waals surface area contributed by atoms with Crippen molar-refractivity contribution >= 4 is 11.9 Å². The molecule has 5 aliphatic rings. The summed E-state index contributed by atoms with van der Waals surface area (Å²) in [6.45, 7) is 6.28. The second-order valence-corrected chi connectivity index (χ2v) is 9.73. The van der Waals surface area contributed by atoms with E-state index >= 15 is 0 Å². The Balaban J connectivity index is 1.47. The van der Waals surface area contributed by atoms with Crippen LogP contribution in [0.5, 0.6) is 0 Å². The summed E-state index contributed by atoms with van der Waals surface area (Å²) in [5.41, 5.74) is 0.582. The Hall–Kier alpha value is -1.44. The number of carbonyl (C=O) groups excluding carboxylic acids is 2. The zero-order valence-electron chi connectivity index (χ0n) is 17.5. The van der Waals surface area contributed by atoms with Gasteiger partial charge < -0.3 is 24.1 Å². The van der Waals surface area contributed by atoms with Crippen LogP contribution in [0.2, 0.25) is 0 Å². The van der Waals surface area contributed by atoms with Crippen molar-refractivity contribution in [3.63, 3.8) is 0 Å². The second-order valence-electron chi connectivity index (χ2n) is 9.73. The van der Waals surface area contributed by atoms with Gasteiger partial charge in [-0.05, 0) is 32.3 Å². The lowest BCUT2D eigenvalue weighted by molar-refractivity contribution is -0.921. The topological polar surface area (TPSA) is 84.9 Å². The molecule has 0 N–H and O–H groups in total. The van der Waals surface area contributed by atoms with Crippen LogP contribution in [0.15, 0.2) is 11.6 Å². The molecule has 5 aliphatic heterocycles. The van der Waals surface area contributed by atoms with Crippen LogP contribution < -0.4 is 0 Å². The van der Waals surface area contributed by atoms with E-state index in [1.807, 2.05) is 13.0 Å². The summed E-state index contributed by atoms with van der Waals surface area (Å²) in [6.07, 6.45) is 6.08. The molecule has 7 heteroatoms. The number of carbonyl (C=O) groups is 2. The van der Waals surface area contributed by atoms with Gasteiger partial charge in [0.2, 0.25) is 5.79 Å². The fraction of sp³-hybridized carbons (Fsp3) is 0.818. The Kier molecular flexibility index (Phi) is 4.39. The maximum absolute atomic E-state index is 14.3. The number of ether oxygens (including phenoxy) is 3. The van der Waals surface area contributed by atoms with Gasteiger partial charge in [0.1, 0.15) is 6.04 Å². The average molecular weight is 405 g/mol. The Morgan fingerprint density at radius 2 is 1.97 bits per heavy atom. The smallest absolute Gasteiger partial charge is 0.336 e. The summed E-state index contributed by atoms with van der Waals surface area (Å²) in [4.78, 5) is 24.1. The van der Waals surface area contributed by atoms with E-state index in [1.54, 1.807) is 6.92 Å². The molecular weight excluding hydrogens is 374 g/mol. The van der Waals surface area contributed by atoms with Gasteiger partial charge in [0.25, 0.3) is 0 Å². The van der Waals surface area contributed by atoms with Gasteiger partial charge in [-0.3, -0.25) is 4.79 Å². The van der Waals surface area contributed by atoms with E-state index in [2.05, 4.69) is 6.92 Å². The normalized spacial score (nSPS) is 51.4. The molecule has 0 aliphatic carbocycles. The fourth-order valence-corrected chi connectivity index (χ4v) is 6.95. The molecule has 0 aromatic heterocycles. The molecule has 29 heavy (non-hydrogen) atoms. The van der Waals surface area contributed by atoms with Crippen LogP contribution in [0.25, 0.3) is 0 Å². The van der Waals surface area contributed by atoms with Crippen molar-refractivity contribution in [2.45, 2.75) is 89.4 Å². The van der Waals surface area contributed by atoms with Gasteiger partial charge in [0, 0.05) is 36.7 Å². The van der Waals surface area contributed by atoms with Crippen molar-refractivity contribution in [1.29, 1.82) is 0 Å². The first kappa shape index (κ1) is 19.5. The molecule has 0 aromatic rings. The third-order valence-electron chi connectivity index (χ3n) is 8.18. The molecule has 0 amide bonds. The van der Waals surface area contributed by atoms with Crippen LogP contribution in [0.4, 0.5) is 0 Å². The standard InChI is InChI=1S/C22H31NO6/c1-4-14-19-16-8-7-15(18-10-12(2)20(24)27-18)23(16,26)9-5-6-17(19)28-22(14)11-13(3)21(25)29-22/h11-12,14-19H,4-10H2,1-3H3/t12-,14-,15-,16+,17-,18-,19+,22?,23?/m0/s1. The summed E-state index contributed by atoms with van der Waals surface area (Å²) in [6, 6.07) is -0.287. The number of fused-ring (bicyclic) bond motifs is 3. The third-order valence-corrected chi connectivity index (χ3v) is 8.18. The molecule has 0 saturated carbocycles. The summed E-state index contributed by atoms with van der Waals surface area (Å²) < 4.78 is 17.5. The minimum atomic E-state index is -1.01. The van der Waals surface area contributed by atoms with Gasteiger partial charge in [-0.15, -0.1) is 0 Å². The highest BCUT2D eigenvalue weighted by molar-refractivity contribution is 5.90. The van der Waals surface area contributed by atoms with Gasteiger partial charge in [-0.25, -0.2) is 4.79 Å². The Bertz CT molecular complexity index is 766. The van der Waals surface area contributed by atoms with Gasteiger partial charge in [-0.2, -0.15) is 0 Å². The number of hydrogen-bond donors (Lipinski definition) is 0. The minimum Gasteiger partial charge on any atom is -0.632 e. The Morgan fingerprint density at radius 3 is 2.59 bits per heavy atom. The molecule has 160 valence electrons. The molecule has 0 aromatic carbocycles. The van der Waals surface area contributed by atoms with Crippen molar-refractivity contribution in [2.24, 2.45) is 17.8 Å². The molecule has 5 rings (SSSR count). The number of cyclic esters (lactones) is 1. The van der Waals surface area contributed by atoms with Crippen molar-refractivity contribution < 1.29 is 28.4 Å². The fourth-order valence-electron chi connectivity index (χ4n) is 6.95. The number of nitrogens with zero attached hydrogens (tertiary/aromatic N) is 1. The zero-order valence-corrected chi connectivity index (χ0v) is 17.5. The average Bonchev–Trinajstić information content (AvgIpc) is 3.31. The van der Waals surface area contributed by atoms with Crippen LogP contribution in [-0.2, 0) is 23.8 Å². The quantitative estimate of drug-likeness (QED) is 0.399. The van der Waals surface area contributed by atoms with E-state index in [-0.39, 0.29) is 58.6 Å². The number of hydroxylamine groups is 3. The Labute approximate surface area is 171 Å². The number of rotatable bonds is 2. The summed E-state index contributed by atoms with van der Waals surface area (Å²) >= 11 is 0. The van der Waals surface area contributed by atoms with Gasteiger partial charge in [0.05, 0.1) is 24.6 Å². The van der Waals surface area contributed by atoms with E-state index in [1.165, 1.54) is 0 Å². The van der Waals surface area contributed by atoms with Gasteiger partial charge in [0.15, 0.2) is 6.10 Å². The maximum Gasteiger partial charge on any atom is 0.336 e. The number of esters is 2. The molecule has 2 unspecified atom stereocenters. The van der Waals surface area contributed by atoms with Crippen LogP contribution in [0, 0.1) is 23.0 Å². The van der Waals surface area contributed by atoms with Gasteiger partial charge >= 0.3 is 11.9 Å². The van der Waals surface area contributed by atoms with Crippen LogP contribution in [0.3, 0.4) is 0 Å². The van der Waals surface area contributed by atoms with Crippen LogP contribution in [0.1, 0.15) is 59.3 Å². The maximum atomic E-state index is 14.3. The molecule has 7 nitrogen and oxygen atoms in total. The minimum absolute atomic E-state index is 0.0211. The van der Waals surface area contributed by atoms with E-state index in [9.17, 15) is 14.8 Å². The summed E-state index contributed by atoms with van der Waals surface area (Å²) in [5, 5.41) is 14.3. The lowest BCUT2D eigenvalue weighted by Gasteiger charge is -2.51. The van der Waals surface area contributed by atoms with E-state index in [0.717, 1.165) is 32.1 Å². The molecule has 5 heterocycles. The molecule has 0 radical (unpaired) electrons. The first-order valence-corrected chi connectivity index (χ1v) is 11.2. The summed E-state index contributed by atoms with van der Waals surface area (Å²) in [5.74, 6) is -1.61. The van der Waals surface area contributed by atoms with E-state index < -0.39 is 5.79 Å². The number of quaternary nitrogens is 1. The van der Waals surface area contributed by atoms with E-state index in [4.69, 9.17) is 14.2 Å². The Morgan fingerprint density at radius 1 is 1.21 bits per heavy atom. The van der Waals surface area contributed by atoms with Crippen molar-refractivity contribution in [2.75, 3.05) is 6.54 Å². The molecule has 1 spiro atoms. The highest BCUT2D eigenvalue weighted by Crippen LogP contribution is 2.56. The SMILES string of the molecule is CC[C@H]1[C@H]2[C@H](CCC[N+]3([O-])[C@@H]2CC[C@H]3[C@@H]2C[C@H](C)C(=O)O2)OC12C=C(C)C(=O)O2. The first-order chi connectivity index (χ1) is 13.8. The van der Waals surface area contributed by atoms with Crippen molar-refractivity contribution in [1.82, 2.24) is 0 Å². The van der Waals surface area contributed by atoms with Crippen molar-refractivity contribution in [3.8, 4) is 0 Å². The molecule has 4 saturated heterocycles. The third kappa shape index (κ3) is 2.66.